The number of halogens is 3. The number of aromatic hydroxyl groups is 1. The number of hydrogen-bond acceptors (Lipinski definition) is 4. The van der Waals surface area contributed by atoms with Crippen LogP contribution < -0.4 is 4.72 Å². The second-order valence-electron chi connectivity index (χ2n) is 2.90. The summed E-state index contributed by atoms with van der Waals surface area (Å²) in [7, 11) is -5.77. The topological polar surface area (TPSA) is 83.5 Å². The Hall–Kier alpha value is -1.77. The number of phenols is 1. The number of amides is 1. The predicted molar refractivity (Wildman–Crippen MR) is 50.5 cm³/mol. The first-order valence-electron chi connectivity index (χ1n) is 4.06. The van der Waals surface area contributed by atoms with E-state index in [-0.39, 0.29) is 0 Å². The molecule has 94 valence electrons. The SMILES string of the molecule is O=C(NS(=O)(=O)C(F)(F)F)c1ccccc1O. The molecule has 0 saturated carbocycles. The lowest BCUT2D eigenvalue weighted by atomic mass is 10.2. The molecule has 0 atom stereocenters. The van der Waals surface area contributed by atoms with Crippen LogP contribution in [0.3, 0.4) is 0 Å². The summed E-state index contributed by atoms with van der Waals surface area (Å²) in [4.78, 5) is 11.2. The van der Waals surface area contributed by atoms with Gasteiger partial charge in [0.1, 0.15) is 5.75 Å². The predicted octanol–water partition coefficient (Wildman–Crippen LogP) is 0.972. The average Bonchev–Trinajstić information content (AvgIpc) is 2.15. The monoisotopic (exact) mass is 269 g/mol. The van der Waals surface area contributed by atoms with E-state index in [1.807, 2.05) is 0 Å². The molecule has 0 aromatic heterocycles. The van der Waals surface area contributed by atoms with Gasteiger partial charge in [0.25, 0.3) is 5.91 Å². The Kier molecular flexibility index (Phi) is 3.32. The Balaban J connectivity index is 3.00. The number of hydrogen-bond donors (Lipinski definition) is 2. The maximum Gasteiger partial charge on any atom is 0.516 e. The van der Waals surface area contributed by atoms with Crippen molar-refractivity contribution in [2.45, 2.75) is 5.51 Å². The van der Waals surface area contributed by atoms with Crippen LogP contribution in [0.2, 0.25) is 0 Å². The molecule has 0 unspecified atom stereocenters. The van der Waals surface area contributed by atoms with Crippen LogP contribution in [-0.2, 0) is 10.0 Å². The van der Waals surface area contributed by atoms with Crippen LogP contribution in [0.5, 0.6) is 5.75 Å². The standard InChI is InChI=1S/C8H6F3NO4S/c9-8(10,11)17(15,16)12-7(14)5-3-1-2-4-6(5)13/h1-4,13H,(H,12,14). The molecule has 1 aromatic carbocycles. The number of rotatable bonds is 2. The Morgan fingerprint density at radius 2 is 1.76 bits per heavy atom. The van der Waals surface area contributed by atoms with Crippen molar-refractivity contribution in [2.24, 2.45) is 0 Å². The molecule has 2 N–H and O–H groups in total. The van der Waals surface area contributed by atoms with E-state index in [0.717, 1.165) is 16.9 Å². The van der Waals surface area contributed by atoms with Gasteiger partial charge >= 0.3 is 15.5 Å². The second kappa shape index (κ2) is 4.24. The van der Waals surface area contributed by atoms with Gasteiger partial charge in [0.05, 0.1) is 5.56 Å². The van der Waals surface area contributed by atoms with Gasteiger partial charge in [-0.05, 0) is 12.1 Å². The fourth-order valence-electron chi connectivity index (χ4n) is 0.901. The van der Waals surface area contributed by atoms with Crippen molar-refractivity contribution in [3.63, 3.8) is 0 Å². The van der Waals surface area contributed by atoms with E-state index in [4.69, 9.17) is 5.11 Å². The van der Waals surface area contributed by atoms with Gasteiger partial charge in [-0.15, -0.1) is 0 Å². The van der Waals surface area contributed by atoms with Crippen LogP contribution in [0, 0.1) is 0 Å². The second-order valence-corrected chi connectivity index (χ2v) is 4.57. The summed E-state index contributed by atoms with van der Waals surface area (Å²) >= 11 is 0. The van der Waals surface area contributed by atoms with E-state index in [2.05, 4.69) is 0 Å². The summed E-state index contributed by atoms with van der Waals surface area (Å²) in [6.07, 6.45) is 0. The minimum absolute atomic E-state index is 0.569. The zero-order chi connectivity index (χ0) is 13.3. The maximum atomic E-state index is 11.9. The number of benzene rings is 1. The zero-order valence-corrected chi connectivity index (χ0v) is 8.84. The quantitative estimate of drug-likeness (QED) is 0.838. The van der Waals surface area contributed by atoms with Gasteiger partial charge < -0.3 is 5.11 Å². The third kappa shape index (κ3) is 2.87. The highest BCUT2D eigenvalue weighted by atomic mass is 32.2. The summed E-state index contributed by atoms with van der Waals surface area (Å²) in [6, 6.07) is 4.60. The number of alkyl halides is 3. The fraction of sp³-hybridized carbons (Fsp3) is 0.125. The van der Waals surface area contributed by atoms with E-state index >= 15 is 0 Å². The van der Waals surface area contributed by atoms with E-state index in [1.165, 1.54) is 12.1 Å². The smallest absolute Gasteiger partial charge is 0.507 e. The highest BCUT2D eigenvalue weighted by Gasteiger charge is 2.47. The van der Waals surface area contributed by atoms with Gasteiger partial charge in [-0.1, -0.05) is 12.1 Å². The molecular weight excluding hydrogens is 263 g/mol. The Morgan fingerprint density at radius 3 is 2.24 bits per heavy atom. The van der Waals surface area contributed by atoms with E-state index in [9.17, 15) is 26.4 Å². The third-order valence-corrected chi connectivity index (χ3v) is 2.74. The lowest BCUT2D eigenvalue weighted by molar-refractivity contribution is -0.0446. The molecule has 0 aliphatic heterocycles. The molecular formula is C8H6F3NO4S. The number of sulfonamides is 1. The van der Waals surface area contributed by atoms with Crippen molar-refractivity contribution in [2.75, 3.05) is 0 Å². The summed E-state index contributed by atoms with van der Waals surface area (Å²) in [5.74, 6) is -2.18. The molecule has 9 heteroatoms. The molecule has 0 radical (unpaired) electrons. The zero-order valence-electron chi connectivity index (χ0n) is 8.02. The van der Waals surface area contributed by atoms with Gasteiger partial charge in [-0.25, -0.2) is 4.72 Å². The highest BCUT2D eigenvalue weighted by molar-refractivity contribution is 7.90. The summed E-state index contributed by atoms with van der Waals surface area (Å²) in [5.41, 5.74) is -6.16. The first kappa shape index (κ1) is 13.3. The van der Waals surface area contributed by atoms with Crippen molar-refractivity contribution in [1.82, 2.24) is 4.72 Å². The molecule has 1 amide bonds. The first-order chi connectivity index (χ1) is 7.65. The molecule has 0 heterocycles. The minimum atomic E-state index is -5.77. The van der Waals surface area contributed by atoms with E-state index in [0.29, 0.717) is 0 Å². The molecule has 0 aliphatic rings. The first-order valence-corrected chi connectivity index (χ1v) is 5.55. The summed E-state index contributed by atoms with van der Waals surface area (Å²) in [6.45, 7) is 0. The number of phenolic OH excluding ortho intramolecular Hbond substituents is 1. The normalized spacial score (nSPS) is 12.2. The van der Waals surface area contributed by atoms with Crippen molar-refractivity contribution in [1.29, 1.82) is 0 Å². The maximum absolute atomic E-state index is 11.9. The average molecular weight is 269 g/mol. The molecule has 5 nitrogen and oxygen atoms in total. The molecule has 0 fully saturated rings. The lowest BCUT2D eigenvalue weighted by Gasteiger charge is -2.09. The van der Waals surface area contributed by atoms with Gasteiger partial charge in [-0.2, -0.15) is 21.6 Å². The number of carbonyl (C=O) groups is 1. The van der Waals surface area contributed by atoms with Crippen molar-refractivity contribution >= 4 is 15.9 Å². The van der Waals surface area contributed by atoms with Crippen molar-refractivity contribution in [3.05, 3.63) is 29.8 Å². The number of para-hydroxylation sites is 1. The molecule has 1 rings (SSSR count). The molecule has 0 spiro atoms. The van der Waals surface area contributed by atoms with Crippen LogP contribution in [0.15, 0.2) is 24.3 Å². The van der Waals surface area contributed by atoms with Crippen LogP contribution >= 0.6 is 0 Å². The highest BCUT2D eigenvalue weighted by Crippen LogP contribution is 2.23. The third-order valence-electron chi connectivity index (χ3n) is 1.68. The Labute approximate surface area is 93.9 Å². The van der Waals surface area contributed by atoms with E-state index < -0.39 is 32.8 Å². The number of nitrogens with one attached hydrogen (secondary N) is 1. The Bertz CT molecular complexity index is 538. The van der Waals surface area contributed by atoms with Crippen molar-refractivity contribution < 1.29 is 31.5 Å². The molecule has 17 heavy (non-hydrogen) atoms. The lowest BCUT2D eigenvalue weighted by Crippen LogP contribution is -2.40. The van der Waals surface area contributed by atoms with Gasteiger partial charge in [0.2, 0.25) is 0 Å². The van der Waals surface area contributed by atoms with Crippen LogP contribution in [0.25, 0.3) is 0 Å². The van der Waals surface area contributed by atoms with Crippen LogP contribution in [0.1, 0.15) is 10.4 Å². The fourth-order valence-corrected chi connectivity index (χ4v) is 1.37. The van der Waals surface area contributed by atoms with Crippen LogP contribution in [0.4, 0.5) is 13.2 Å². The molecule has 0 saturated heterocycles. The number of carbonyl (C=O) groups excluding carboxylic acids is 1. The van der Waals surface area contributed by atoms with Crippen molar-refractivity contribution in [3.8, 4) is 5.75 Å². The molecule has 1 aromatic rings. The van der Waals surface area contributed by atoms with Gasteiger partial charge in [0.15, 0.2) is 0 Å². The summed E-state index contributed by atoms with van der Waals surface area (Å²) < 4.78 is 57.9. The van der Waals surface area contributed by atoms with Crippen LogP contribution in [-0.4, -0.2) is 24.9 Å². The van der Waals surface area contributed by atoms with Gasteiger partial charge in [-0.3, -0.25) is 4.79 Å². The van der Waals surface area contributed by atoms with E-state index in [1.54, 1.807) is 0 Å². The molecule has 0 bridgehead atoms. The molecule has 0 aliphatic carbocycles. The largest absolute Gasteiger partial charge is 0.516 e. The summed E-state index contributed by atoms with van der Waals surface area (Å²) in [5, 5.41) is 9.14. The minimum Gasteiger partial charge on any atom is -0.507 e. The van der Waals surface area contributed by atoms with Gasteiger partial charge in [0, 0.05) is 0 Å². The Morgan fingerprint density at radius 1 is 1.24 bits per heavy atom.